The summed E-state index contributed by atoms with van der Waals surface area (Å²) in [5, 5.41) is 2.83. The first kappa shape index (κ1) is 22.7. The van der Waals surface area contributed by atoms with Crippen LogP contribution in [-0.2, 0) is 19.0 Å². The van der Waals surface area contributed by atoms with Crippen LogP contribution in [0.2, 0.25) is 0 Å². The molecule has 0 radical (unpaired) electrons. The van der Waals surface area contributed by atoms with E-state index in [2.05, 4.69) is 12.2 Å². The maximum Gasteiger partial charge on any atom is 0.410 e. The number of hydrogen-bond donors (Lipinski definition) is 1. The van der Waals surface area contributed by atoms with Gasteiger partial charge in [0.2, 0.25) is 0 Å². The number of nitrogens with zero attached hydrogens (tertiary/aromatic N) is 1. The highest BCUT2D eigenvalue weighted by Crippen LogP contribution is 2.46. The topological polar surface area (TPSA) is 94.2 Å². The molecule has 30 heavy (non-hydrogen) atoms. The first-order valence-corrected chi connectivity index (χ1v) is 11.1. The van der Waals surface area contributed by atoms with Crippen LogP contribution in [-0.4, -0.2) is 61.0 Å². The average molecular weight is 425 g/mol. The van der Waals surface area contributed by atoms with Crippen molar-refractivity contribution < 1.29 is 28.6 Å². The van der Waals surface area contributed by atoms with E-state index in [0.29, 0.717) is 31.8 Å². The highest BCUT2D eigenvalue weighted by atomic mass is 16.6. The van der Waals surface area contributed by atoms with Crippen molar-refractivity contribution in [3.8, 4) is 0 Å². The van der Waals surface area contributed by atoms with Gasteiger partial charge in [-0.25, -0.2) is 9.59 Å². The van der Waals surface area contributed by atoms with Crippen LogP contribution in [0.5, 0.6) is 0 Å². The van der Waals surface area contributed by atoms with Gasteiger partial charge in [-0.2, -0.15) is 0 Å². The van der Waals surface area contributed by atoms with E-state index in [-0.39, 0.29) is 42.0 Å². The number of esters is 1. The Morgan fingerprint density at radius 3 is 2.47 bits per heavy atom. The van der Waals surface area contributed by atoms with Gasteiger partial charge in [0.15, 0.2) is 0 Å². The summed E-state index contributed by atoms with van der Waals surface area (Å²) in [6.07, 6.45) is 3.24. The lowest BCUT2D eigenvalue weighted by Crippen LogP contribution is -2.47. The third-order valence-electron chi connectivity index (χ3n) is 6.51. The van der Waals surface area contributed by atoms with Gasteiger partial charge in [0, 0.05) is 13.1 Å². The second-order valence-electron chi connectivity index (χ2n) is 10.2. The molecule has 1 aliphatic heterocycles. The van der Waals surface area contributed by atoms with Gasteiger partial charge in [0.1, 0.15) is 11.7 Å². The van der Waals surface area contributed by atoms with Crippen LogP contribution in [0.1, 0.15) is 59.8 Å². The first-order chi connectivity index (χ1) is 14.1. The summed E-state index contributed by atoms with van der Waals surface area (Å²) in [7, 11) is 1.43. The van der Waals surface area contributed by atoms with Gasteiger partial charge in [-0.05, 0) is 70.6 Å². The number of likely N-dealkylation sites (tertiary alicyclic amines) is 1. The Bertz CT molecular complexity index is 659. The van der Waals surface area contributed by atoms with Gasteiger partial charge in [-0.3, -0.25) is 4.79 Å². The fraction of sp³-hybridized carbons (Fsp3) is 0.864. The molecule has 6 atom stereocenters. The Hall–Kier alpha value is -1.99. The Labute approximate surface area is 179 Å². The highest BCUT2D eigenvalue weighted by Gasteiger charge is 2.45. The maximum atomic E-state index is 12.8. The molecule has 1 heterocycles. The molecule has 1 saturated heterocycles. The van der Waals surface area contributed by atoms with Crippen molar-refractivity contribution in [1.82, 2.24) is 10.2 Å². The fourth-order valence-corrected chi connectivity index (χ4v) is 5.35. The van der Waals surface area contributed by atoms with Crippen LogP contribution in [0.15, 0.2) is 0 Å². The Morgan fingerprint density at radius 1 is 1.07 bits per heavy atom. The van der Waals surface area contributed by atoms with Crippen molar-refractivity contribution in [1.29, 1.82) is 0 Å². The van der Waals surface area contributed by atoms with Crippen molar-refractivity contribution in [2.24, 2.45) is 23.7 Å². The molecule has 3 aliphatic rings. The summed E-state index contributed by atoms with van der Waals surface area (Å²) < 4.78 is 16.2. The summed E-state index contributed by atoms with van der Waals surface area (Å²) in [6.45, 7) is 8.53. The third kappa shape index (κ3) is 5.58. The van der Waals surface area contributed by atoms with Crippen LogP contribution in [0.3, 0.4) is 0 Å². The van der Waals surface area contributed by atoms with Crippen LogP contribution in [0, 0.1) is 23.7 Å². The molecule has 3 fully saturated rings. The molecule has 8 heteroatoms. The molecule has 8 nitrogen and oxygen atoms in total. The van der Waals surface area contributed by atoms with Gasteiger partial charge in [0.05, 0.1) is 19.1 Å². The van der Waals surface area contributed by atoms with Gasteiger partial charge in [-0.1, -0.05) is 6.92 Å². The monoisotopic (exact) mass is 424 g/mol. The van der Waals surface area contributed by atoms with Crippen molar-refractivity contribution in [2.45, 2.75) is 77.5 Å². The molecule has 2 aliphatic carbocycles. The first-order valence-electron chi connectivity index (χ1n) is 11.1. The van der Waals surface area contributed by atoms with Gasteiger partial charge >= 0.3 is 18.2 Å². The summed E-state index contributed by atoms with van der Waals surface area (Å²) >= 11 is 0. The van der Waals surface area contributed by atoms with Crippen LogP contribution >= 0.6 is 0 Å². The SMILES string of the molecule is COC(=O)C1CC2CC(C)C(OC(=O)N3CC[C@@H](NC(=O)OC(C)(C)C)C3)C(C2)C1. The number of nitrogens with one attached hydrogen (secondary N) is 1. The summed E-state index contributed by atoms with van der Waals surface area (Å²) in [5.74, 6) is 0.710. The third-order valence-corrected chi connectivity index (χ3v) is 6.51. The van der Waals surface area contributed by atoms with E-state index in [1.807, 2.05) is 20.8 Å². The second-order valence-corrected chi connectivity index (χ2v) is 10.2. The number of amides is 2. The van der Waals surface area contributed by atoms with Crippen molar-refractivity contribution in [3.63, 3.8) is 0 Å². The number of carbonyl (C=O) groups excluding carboxylic acids is 3. The van der Waals surface area contributed by atoms with E-state index in [0.717, 1.165) is 19.3 Å². The second kappa shape index (κ2) is 9.02. The van der Waals surface area contributed by atoms with Crippen LogP contribution < -0.4 is 5.32 Å². The minimum Gasteiger partial charge on any atom is -0.469 e. The molecule has 2 bridgehead atoms. The molecule has 5 unspecified atom stereocenters. The number of alkyl carbamates (subject to hydrolysis) is 1. The molecule has 3 rings (SSSR count). The molecule has 0 spiro atoms. The molecule has 2 saturated carbocycles. The molecule has 1 N–H and O–H groups in total. The van der Waals surface area contributed by atoms with Gasteiger partial charge in [-0.15, -0.1) is 0 Å². The lowest BCUT2D eigenvalue weighted by molar-refractivity contribution is -0.150. The van der Waals surface area contributed by atoms with E-state index < -0.39 is 11.7 Å². The number of methoxy groups -OCH3 is 1. The van der Waals surface area contributed by atoms with Crippen LogP contribution in [0.4, 0.5) is 9.59 Å². The minimum atomic E-state index is -0.557. The Morgan fingerprint density at radius 2 is 1.80 bits per heavy atom. The van der Waals surface area contributed by atoms with E-state index in [4.69, 9.17) is 14.2 Å². The Kier molecular flexibility index (Phi) is 6.82. The number of hydrogen-bond acceptors (Lipinski definition) is 6. The molecule has 0 aromatic rings. The van der Waals surface area contributed by atoms with Gasteiger partial charge < -0.3 is 24.4 Å². The summed E-state index contributed by atoms with van der Waals surface area (Å²) in [5.41, 5.74) is -0.557. The molecular formula is C22H36N2O6. The number of carbonyl (C=O) groups is 3. The molecule has 0 aromatic carbocycles. The van der Waals surface area contributed by atoms with Crippen molar-refractivity contribution in [2.75, 3.05) is 20.2 Å². The van der Waals surface area contributed by atoms with E-state index in [9.17, 15) is 14.4 Å². The molecule has 0 aromatic heterocycles. The van der Waals surface area contributed by atoms with Crippen molar-refractivity contribution >= 4 is 18.2 Å². The lowest BCUT2D eigenvalue weighted by atomic mass is 9.63. The fourth-order valence-electron chi connectivity index (χ4n) is 5.35. The average Bonchev–Trinajstić information content (AvgIpc) is 3.10. The largest absolute Gasteiger partial charge is 0.469 e. The zero-order valence-electron chi connectivity index (χ0n) is 18.8. The number of rotatable bonds is 3. The zero-order chi connectivity index (χ0) is 22.1. The maximum absolute atomic E-state index is 12.8. The molecule has 2 amide bonds. The normalized spacial score (nSPS) is 33.6. The predicted molar refractivity (Wildman–Crippen MR) is 110 cm³/mol. The zero-order valence-corrected chi connectivity index (χ0v) is 18.8. The van der Waals surface area contributed by atoms with Crippen LogP contribution in [0.25, 0.3) is 0 Å². The lowest BCUT2D eigenvalue weighted by Gasteiger charge is -2.45. The standard InChI is InChI=1S/C22H36N2O6/c1-13-8-14-9-15(11-16(10-14)19(25)28-5)18(13)29-21(27)24-7-6-17(12-24)23-20(26)30-22(2,3)4/h13-18H,6-12H2,1-5H3,(H,23,26)/t13?,14?,15?,16?,17-,18?/m1/s1. The number of fused-ring (bicyclic) bond motifs is 2. The number of ether oxygens (including phenoxy) is 3. The van der Waals surface area contributed by atoms with Gasteiger partial charge in [0.25, 0.3) is 0 Å². The van der Waals surface area contributed by atoms with E-state index >= 15 is 0 Å². The quantitative estimate of drug-likeness (QED) is 0.552. The predicted octanol–water partition coefficient (Wildman–Crippen LogP) is 3.34. The molecule has 170 valence electrons. The summed E-state index contributed by atoms with van der Waals surface area (Å²) in [4.78, 5) is 38.5. The van der Waals surface area contributed by atoms with Crippen molar-refractivity contribution in [3.05, 3.63) is 0 Å². The Balaban J connectivity index is 1.53. The minimum absolute atomic E-state index is 0.0957. The highest BCUT2D eigenvalue weighted by molar-refractivity contribution is 5.72. The summed E-state index contributed by atoms with van der Waals surface area (Å²) in [6, 6.07) is -0.140. The van der Waals surface area contributed by atoms with E-state index in [1.165, 1.54) is 7.11 Å². The smallest absolute Gasteiger partial charge is 0.410 e. The molecular weight excluding hydrogens is 388 g/mol. The van der Waals surface area contributed by atoms with E-state index in [1.54, 1.807) is 4.90 Å².